The van der Waals surface area contributed by atoms with E-state index in [2.05, 4.69) is 35.9 Å². The SMILES string of the molecule is COc1cc(CN2CCC(C)(C)CC2)ccc1OCc1ccncc1. The van der Waals surface area contributed by atoms with E-state index in [1.807, 2.05) is 18.2 Å². The first-order valence-electron chi connectivity index (χ1n) is 8.97. The molecule has 25 heavy (non-hydrogen) atoms. The molecule has 0 aliphatic carbocycles. The molecule has 1 aromatic carbocycles. The average Bonchev–Trinajstić information content (AvgIpc) is 2.63. The van der Waals surface area contributed by atoms with Crippen molar-refractivity contribution < 1.29 is 9.47 Å². The van der Waals surface area contributed by atoms with Gasteiger partial charge in [-0.05, 0) is 66.7 Å². The van der Waals surface area contributed by atoms with Crippen molar-refractivity contribution in [3.63, 3.8) is 0 Å². The molecule has 1 fully saturated rings. The molecule has 1 aliphatic rings. The summed E-state index contributed by atoms with van der Waals surface area (Å²) >= 11 is 0. The van der Waals surface area contributed by atoms with E-state index in [9.17, 15) is 0 Å². The topological polar surface area (TPSA) is 34.6 Å². The summed E-state index contributed by atoms with van der Waals surface area (Å²) in [5.74, 6) is 1.58. The molecule has 1 saturated heterocycles. The van der Waals surface area contributed by atoms with Crippen molar-refractivity contribution in [1.29, 1.82) is 0 Å². The first-order valence-corrected chi connectivity index (χ1v) is 8.97. The molecule has 1 aromatic heterocycles. The van der Waals surface area contributed by atoms with Gasteiger partial charge in [0.2, 0.25) is 0 Å². The van der Waals surface area contributed by atoms with Gasteiger partial charge >= 0.3 is 0 Å². The van der Waals surface area contributed by atoms with Crippen molar-refractivity contribution in [3.05, 3.63) is 53.9 Å². The highest BCUT2D eigenvalue weighted by molar-refractivity contribution is 5.43. The lowest BCUT2D eigenvalue weighted by molar-refractivity contribution is 0.127. The zero-order valence-electron chi connectivity index (χ0n) is 15.5. The van der Waals surface area contributed by atoms with Crippen molar-refractivity contribution in [2.45, 2.75) is 39.8 Å². The van der Waals surface area contributed by atoms with E-state index < -0.39 is 0 Å². The van der Waals surface area contributed by atoms with Gasteiger partial charge in [0.05, 0.1) is 7.11 Å². The Morgan fingerprint density at radius 2 is 1.72 bits per heavy atom. The molecule has 0 atom stereocenters. The van der Waals surface area contributed by atoms with Gasteiger partial charge in [0.1, 0.15) is 6.61 Å². The summed E-state index contributed by atoms with van der Waals surface area (Å²) in [6, 6.07) is 10.2. The molecule has 4 nitrogen and oxygen atoms in total. The third-order valence-electron chi connectivity index (χ3n) is 4.99. The Bertz CT molecular complexity index is 676. The Morgan fingerprint density at radius 3 is 2.40 bits per heavy atom. The molecule has 2 aromatic rings. The fraction of sp³-hybridized carbons (Fsp3) is 0.476. The van der Waals surface area contributed by atoms with Crippen molar-refractivity contribution in [2.75, 3.05) is 20.2 Å². The number of likely N-dealkylation sites (tertiary alicyclic amines) is 1. The van der Waals surface area contributed by atoms with E-state index in [0.29, 0.717) is 12.0 Å². The van der Waals surface area contributed by atoms with Gasteiger partial charge in [-0.15, -0.1) is 0 Å². The first kappa shape index (κ1) is 17.7. The molecule has 3 rings (SSSR count). The number of piperidine rings is 1. The standard InChI is InChI=1S/C21H28N2O2/c1-21(2)8-12-23(13-9-21)15-18-4-5-19(20(14-18)24-3)25-16-17-6-10-22-11-7-17/h4-7,10-11,14H,8-9,12-13,15-16H2,1-3H3. The molecule has 2 heterocycles. The summed E-state index contributed by atoms with van der Waals surface area (Å²) in [4.78, 5) is 6.55. The van der Waals surface area contributed by atoms with E-state index >= 15 is 0 Å². The summed E-state index contributed by atoms with van der Waals surface area (Å²) in [5, 5.41) is 0. The van der Waals surface area contributed by atoms with Crippen LogP contribution in [0.1, 0.15) is 37.8 Å². The highest BCUT2D eigenvalue weighted by Crippen LogP contribution is 2.32. The van der Waals surface area contributed by atoms with E-state index in [1.54, 1.807) is 19.5 Å². The summed E-state index contributed by atoms with van der Waals surface area (Å²) < 4.78 is 11.5. The molecule has 0 unspecified atom stereocenters. The fourth-order valence-electron chi connectivity index (χ4n) is 3.14. The Labute approximate surface area is 150 Å². The number of rotatable bonds is 6. The van der Waals surface area contributed by atoms with Crippen molar-refractivity contribution >= 4 is 0 Å². The second-order valence-corrected chi connectivity index (χ2v) is 7.57. The molecule has 0 radical (unpaired) electrons. The molecular formula is C21H28N2O2. The highest BCUT2D eigenvalue weighted by Gasteiger charge is 2.25. The van der Waals surface area contributed by atoms with Crippen molar-refractivity contribution in [1.82, 2.24) is 9.88 Å². The van der Waals surface area contributed by atoms with Crippen LogP contribution in [0, 0.1) is 5.41 Å². The molecule has 0 amide bonds. The number of hydrogen-bond acceptors (Lipinski definition) is 4. The van der Waals surface area contributed by atoms with Crippen LogP contribution >= 0.6 is 0 Å². The molecule has 4 heteroatoms. The van der Waals surface area contributed by atoms with Crippen LogP contribution in [0.15, 0.2) is 42.7 Å². The van der Waals surface area contributed by atoms with Gasteiger partial charge in [0.15, 0.2) is 11.5 Å². The Balaban J connectivity index is 1.61. The number of ether oxygens (including phenoxy) is 2. The van der Waals surface area contributed by atoms with Crippen molar-refractivity contribution in [2.24, 2.45) is 5.41 Å². The Hall–Kier alpha value is -2.07. The van der Waals surface area contributed by atoms with Gasteiger partial charge in [-0.25, -0.2) is 0 Å². The minimum atomic E-state index is 0.485. The number of methoxy groups -OCH3 is 1. The van der Waals surface area contributed by atoms with E-state index in [0.717, 1.165) is 36.7 Å². The lowest BCUT2D eigenvalue weighted by atomic mass is 9.82. The maximum Gasteiger partial charge on any atom is 0.161 e. The molecule has 0 saturated carbocycles. The second kappa shape index (κ2) is 7.87. The van der Waals surface area contributed by atoms with Crippen LogP contribution in [0.5, 0.6) is 11.5 Å². The van der Waals surface area contributed by atoms with Crippen LogP contribution in [-0.4, -0.2) is 30.1 Å². The summed E-state index contributed by atoms with van der Waals surface area (Å²) in [6.45, 7) is 8.53. The van der Waals surface area contributed by atoms with Gasteiger partial charge in [0.25, 0.3) is 0 Å². The number of aromatic nitrogens is 1. The summed E-state index contributed by atoms with van der Waals surface area (Å²) in [7, 11) is 1.70. The van der Waals surface area contributed by atoms with Crippen LogP contribution in [0.4, 0.5) is 0 Å². The molecule has 0 spiro atoms. The van der Waals surface area contributed by atoms with Gasteiger partial charge in [-0.1, -0.05) is 19.9 Å². The van der Waals surface area contributed by atoms with Crippen LogP contribution in [0.25, 0.3) is 0 Å². The van der Waals surface area contributed by atoms with E-state index in [-0.39, 0.29) is 0 Å². The van der Waals surface area contributed by atoms with Crippen LogP contribution in [-0.2, 0) is 13.2 Å². The number of hydrogen-bond donors (Lipinski definition) is 0. The summed E-state index contributed by atoms with van der Waals surface area (Å²) in [5.41, 5.74) is 2.85. The van der Waals surface area contributed by atoms with Crippen LogP contribution in [0.2, 0.25) is 0 Å². The molecule has 1 aliphatic heterocycles. The molecule has 134 valence electrons. The predicted molar refractivity (Wildman–Crippen MR) is 99.9 cm³/mol. The lowest BCUT2D eigenvalue weighted by Gasteiger charge is -2.37. The van der Waals surface area contributed by atoms with Crippen LogP contribution < -0.4 is 9.47 Å². The van der Waals surface area contributed by atoms with Gasteiger partial charge < -0.3 is 9.47 Å². The van der Waals surface area contributed by atoms with Gasteiger partial charge in [-0.2, -0.15) is 0 Å². The maximum atomic E-state index is 5.92. The smallest absolute Gasteiger partial charge is 0.161 e. The number of benzene rings is 1. The predicted octanol–water partition coefficient (Wildman–Crippen LogP) is 4.29. The van der Waals surface area contributed by atoms with Crippen molar-refractivity contribution in [3.8, 4) is 11.5 Å². The second-order valence-electron chi connectivity index (χ2n) is 7.57. The maximum absolute atomic E-state index is 5.92. The molecular weight excluding hydrogens is 312 g/mol. The lowest BCUT2D eigenvalue weighted by Crippen LogP contribution is -2.36. The molecule has 0 bridgehead atoms. The third-order valence-corrected chi connectivity index (χ3v) is 4.99. The average molecular weight is 340 g/mol. The van der Waals surface area contributed by atoms with Gasteiger partial charge in [-0.3, -0.25) is 9.88 Å². The Kier molecular flexibility index (Phi) is 5.59. The Morgan fingerprint density at radius 1 is 1.00 bits per heavy atom. The monoisotopic (exact) mass is 340 g/mol. The first-order chi connectivity index (χ1) is 12.1. The quantitative estimate of drug-likeness (QED) is 0.786. The highest BCUT2D eigenvalue weighted by atomic mass is 16.5. The van der Waals surface area contributed by atoms with Crippen LogP contribution in [0.3, 0.4) is 0 Å². The number of nitrogens with zero attached hydrogens (tertiary/aromatic N) is 2. The number of pyridine rings is 1. The minimum Gasteiger partial charge on any atom is -0.493 e. The third kappa shape index (κ3) is 4.95. The normalized spacial score (nSPS) is 17.2. The minimum absolute atomic E-state index is 0.485. The van der Waals surface area contributed by atoms with Gasteiger partial charge in [0, 0.05) is 18.9 Å². The largest absolute Gasteiger partial charge is 0.493 e. The van der Waals surface area contributed by atoms with E-state index in [4.69, 9.17) is 9.47 Å². The summed E-state index contributed by atoms with van der Waals surface area (Å²) in [6.07, 6.45) is 6.08. The zero-order chi connectivity index (χ0) is 17.7. The fourth-order valence-corrected chi connectivity index (χ4v) is 3.14. The molecule has 0 N–H and O–H groups in total. The van der Waals surface area contributed by atoms with E-state index in [1.165, 1.54) is 18.4 Å². The zero-order valence-corrected chi connectivity index (χ0v) is 15.5.